The molecule has 0 spiro atoms. The number of primary amides is 1. The highest BCUT2D eigenvalue weighted by Gasteiger charge is 2.17. The second-order valence-electron chi connectivity index (χ2n) is 4.76. The van der Waals surface area contributed by atoms with Gasteiger partial charge in [0.05, 0.1) is 11.4 Å². The maximum Gasteiger partial charge on any atom is 0.296 e. The molecule has 0 aromatic heterocycles. The Hall–Kier alpha value is -1.95. The van der Waals surface area contributed by atoms with Gasteiger partial charge in [-0.1, -0.05) is 6.58 Å². The standard InChI is InChI=1S/C13H19N3O6S2/c1-2-23(18,19)8-7-15-5-6-16-11-4-3-10(13(14)17)9-12(11)24(20,21)22/h2-4,9,15-16H,1,5-8H2,(H2,14,17)(H,20,21,22). The average molecular weight is 377 g/mol. The smallest absolute Gasteiger partial charge is 0.296 e. The third kappa shape index (κ3) is 6.28. The lowest BCUT2D eigenvalue weighted by Crippen LogP contribution is -2.27. The largest absolute Gasteiger partial charge is 0.383 e. The molecule has 134 valence electrons. The number of sulfone groups is 1. The molecule has 0 saturated carbocycles. The molecule has 1 amide bonds. The lowest BCUT2D eigenvalue weighted by Gasteiger charge is -2.11. The van der Waals surface area contributed by atoms with Gasteiger partial charge in [-0.15, -0.1) is 0 Å². The van der Waals surface area contributed by atoms with Crippen LogP contribution in [0.5, 0.6) is 0 Å². The number of hydrogen-bond acceptors (Lipinski definition) is 7. The summed E-state index contributed by atoms with van der Waals surface area (Å²) in [5.74, 6) is -0.920. The van der Waals surface area contributed by atoms with Crippen LogP contribution in [0.4, 0.5) is 5.69 Å². The summed E-state index contributed by atoms with van der Waals surface area (Å²) < 4.78 is 54.4. The number of nitrogens with two attached hydrogens (primary N) is 1. The first-order valence-corrected chi connectivity index (χ1v) is 9.93. The first kappa shape index (κ1) is 20.1. The van der Waals surface area contributed by atoms with E-state index in [0.29, 0.717) is 6.54 Å². The Morgan fingerprint density at radius 2 is 1.88 bits per heavy atom. The summed E-state index contributed by atoms with van der Waals surface area (Å²) in [7, 11) is -7.81. The van der Waals surface area contributed by atoms with Crippen LogP contribution in [0, 0.1) is 0 Å². The zero-order valence-electron chi connectivity index (χ0n) is 12.7. The minimum Gasteiger partial charge on any atom is -0.383 e. The first-order valence-electron chi connectivity index (χ1n) is 6.78. The second kappa shape index (κ2) is 8.24. The first-order chi connectivity index (χ1) is 11.1. The van der Waals surface area contributed by atoms with E-state index < -0.39 is 30.8 Å². The minimum atomic E-state index is -4.54. The van der Waals surface area contributed by atoms with Crippen molar-refractivity contribution in [1.29, 1.82) is 0 Å². The Morgan fingerprint density at radius 1 is 1.21 bits per heavy atom. The molecule has 0 saturated heterocycles. The molecule has 0 unspecified atom stereocenters. The van der Waals surface area contributed by atoms with Gasteiger partial charge in [-0.2, -0.15) is 8.42 Å². The van der Waals surface area contributed by atoms with E-state index in [1.54, 1.807) is 0 Å². The van der Waals surface area contributed by atoms with E-state index in [1.165, 1.54) is 12.1 Å². The predicted octanol–water partition coefficient (Wildman–Crippen LogP) is -0.408. The van der Waals surface area contributed by atoms with Crippen molar-refractivity contribution in [2.24, 2.45) is 5.73 Å². The highest BCUT2D eigenvalue weighted by atomic mass is 32.2. The van der Waals surface area contributed by atoms with Crippen LogP contribution in [-0.2, 0) is 20.0 Å². The van der Waals surface area contributed by atoms with E-state index in [0.717, 1.165) is 11.5 Å². The Balaban J connectivity index is 2.65. The molecule has 11 heteroatoms. The Kier molecular flexibility index (Phi) is 6.90. The molecule has 0 heterocycles. The Labute approximate surface area is 140 Å². The lowest BCUT2D eigenvalue weighted by molar-refractivity contribution is 0.1000. The number of carbonyl (C=O) groups excluding carboxylic acids is 1. The summed E-state index contributed by atoms with van der Waals surface area (Å²) in [6.45, 7) is 4.01. The number of carbonyl (C=O) groups is 1. The molecule has 5 N–H and O–H groups in total. The quantitative estimate of drug-likeness (QED) is 0.317. The van der Waals surface area contributed by atoms with E-state index in [2.05, 4.69) is 17.2 Å². The van der Waals surface area contributed by atoms with Gasteiger partial charge < -0.3 is 16.4 Å². The summed E-state index contributed by atoms with van der Waals surface area (Å²) >= 11 is 0. The van der Waals surface area contributed by atoms with Gasteiger partial charge in [-0.25, -0.2) is 8.42 Å². The van der Waals surface area contributed by atoms with Crippen LogP contribution in [0.2, 0.25) is 0 Å². The van der Waals surface area contributed by atoms with Crippen LogP contribution in [-0.4, -0.2) is 52.7 Å². The van der Waals surface area contributed by atoms with E-state index in [4.69, 9.17) is 5.73 Å². The number of anilines is 1. The average Bonchev–Trinajstić information content (AvgIpc) is 2.49. The molecule has 0 aliphatic carbocycles. The summed E-state index contributed by atoms with van der Waals surface area (Å²) in [4.78, 5) is 10.6. The molecule has 0 atom stereocenters. The van der Waals surface area contributed by atoms with Crippen molar-refractivity contribution >= 4 is 31.5 Å². The van der Waals surface area contributed by atoms with Crippen molar-refractivity contribution in [3.05, 3.63) is 35.7 Å². The van der Waals surface area contributed by atoms with E-state index >= 15 is 0 Å². The van der Waals surface area contributed by atoms with Crippen LogP contribution < -0.4 is 16.4 Å². The van der Waals surface area contributed by atoms with Gasteiger partial charge in [0.15, 0.2) is 9.84 Å². The predicted molar refractivity (Wildman–Crippen MR) is 90.1 cm³/mol. The normalized spacial score (nSPS) is 11.9. The van der Waals surface area contributed by atoms with Crippen molar-refractivity contribution in [3.8, 4) is 0 Å². The molecule has 1 aromatic carbocycles. The molecule has 24 heavy (non-hydrogen) atoms. The summed E-state index contributed by atoms with van der Waals surface area (Å²) in [5.41, 5.74) is 5.12. The van der Waals surface area contributed by atoms with Gasteiger partial charge in [0.2, 0.25) is 5.91 Å². The Morgan fingerprint density at radius 3 is 2.42 bits per heavy atom. The molecule has 1 rings (SSSR count). The number of benzene rings is 1. The molecule has 9 nitrogen and oxygen atoms in total. The summed E-state index contributed by atoms with van der Waals surface area (Å²) in [6.07, 6.45) is 0. The molecule has 0 aliphatic rings. The fourth-order valence-corrected chi connectivity index (χ4v) is 3.03. The summed E-state index contributed by atoms with van der Waals surface area (Å²) in [6, 6.07) is 3.61. The highest BCUT2D eigenvalue weighted by Crippen LogP contribution is 2.22. The number of hydrogen-bond donors (Lipinski definition) is 4. The van der Waals surface area contributed by atoms with Gasteiger partial charge >= 0.3 is 0 Å². The Bertz CT molecular complexity index is 818. The van der Waals surface area contributed by atoms with Gasteiger partial charge in [0, 0.05) is 30.6 Å². The van der Waals surface area contributed by atoms with Crippen LogP contribution in [0.15, 0.2) is 35.1 Å². The number of rotatable bonds is 10. The zero-order valence-corrected chi connectivity index (χ0v) is 14.4. The van der Waals surface area contributed by atoms with Crippen molar-refractivity contribution in [2.45, 2.75) is 4.90 Å². The molecule has 0 aliphatic heterocycles. The van der Waals surface area contributed by atoms with Crippen molar-refractivity contribution in [2.75, 3.05) is 30.7 Å². The van der Waals surface area contributed by atoms with Crippen LogP contribution in [0.1, 0.15) is 10.4 Å². The number of amides is 1. The fourth-order valence-electron chi connectivity index (χ4n) is 1.74. The topological polar surface area (TPSA) is 156 Å². The maximum atomic E-state index is 11.4. The van der Waals surface area contributed by atoms with E-state index in [9.17, 15) is 26.2 Å². The summed E-state index contributed by atoms with van der Waals surface area (Å²) in [5, 5.41) is 6.51. The van der Waals surface area contributed by atoms with Crippen molar-refractivity contribution in [1.82, 2.24) is 5.32 Å². The molecule has 0 bridgehead atoms. The highest BCUT2D eigenvalue weighted by molar-refractivity contribution is 7.94. The van der Waals surface area contributed by atoms with E-state index in [-0.39, 0.29) is 30.1 Å². The van der Waals surface area contributed by atoms with Gasteiger partial charge in [0.25, 0.3) is 10.1 Å². The third-order valence-electron chi connectivity index (χ3n) is 2.98. The van der Waals surface area contributed by atoms with Crippen LogP contribution >= 0.6 is 0 Å². The van der Waals surface area contributed by atoms with Gasteiger partial charge in [-0.05, 0) is 18.2 Å². The number of nitrogens with one attached hydrogen (secondary N) is 2. The van der Waals surface area contributed by atoms with Gasteiger partial charge in [-0.3, -0.25) is 9.35 Å². The van der Waals surface area contributed by atoms with Crippen molar-refractivity contribution < 1.29 is 26.2 Å². The minimum absolute atomic E-state index is 0.0547. The fraction of sp³-hybridized carbons (Fsp3) is 0.308. The third-order valence-corrected chi connectivity index (χ3v) is 5.15. The van der Waals surface area contributed by atoms with Crippen molar-refractivity contribution in [3.63, 3.8) is 0 Å². The van der Waals surface area contributed by atoms with E-state index in [1.807, 2.05) is 0 Å². The monoisotopic (exact) mass is 377 g/mol. The van der Waals surface area contributed by atoms with Gasteiger partial charge in [0.1, 0.15) is 4.90 Å². The molecule has 0 radical (unpaired) electrons. The zero-order chi connectivity index (χ0) is 18.4. The van der Waals surface area contributed by atoms with Crippen LogP contribution in [0.3, 0.4) is 0 Å². The molecule has 0 fully saturated rings. The molecular weight excluding hydrogens is 358 g/mol. The maximum absolute atomic E-state index is 11.4. The van der Waals surface area contributed by atoms with Crippen LogP contribution in [0.25, 0.3) is 0 Å². The molecule has 1 aromatic rings. The molecular formula is C13H19N3O6S2. The SMILES string of the molecule is C=CS(=O)(=O)CCNCCNc1ccc(C(N)=O)cc1S(=O)(=O)O. The lowest BCUT2D eigenvalue weighted by atomic mass is 10.2. The second-order valence-corrected chi connectivity index (χ2v) is 8.22.